The number of ether oxygens (including phenoxy) is 4. The van der Waals surface area contributed by atoms with Gasteiger partial charge in [0.05, 0.1) is 25.4 Å². The second-order valence-corrected chi connectivity index (χ2v) is 16.9. The third kappa shape index (κ3) is 8.18. The number of amides is 2. The van der Waals surface area contributed by atoms with Gasteiger partial charge in [0, 0.05) is 37.9 Å². The summed E-state index contributed by atoms with van der Waals surface area (Å²) >= 11 is 0. The highest BCUT2D eigenvalue weighted by atomic mass is 16.8. The fourth-order valence-electron chi connectivity index (χ4n) is 10.00. The van der Waals surface area contributed by atoms with E-state index in [9.17, 15) is 19.5 Å². The Morgan fingerprint density at radius 1 is 0.930 bits per heavy atom. The fourth-order valence-corrected chi connectivity index (χ4v) is 10.00. The third-order valence-electron chi connectivity index (χ3n) is 13.0. The van der Waals surface area contributed by atoms with Gasteiger partial charge in [0.2, 0.25) is 5.91 Å². The molecule has 2 bridgehead atoms. The van der Waals surface area contributed by atoms with Crippen LogP contribution in [0.3, 0.4) is 0 Å². The van der Waals surface area contributed by atoms with Crippen molar-refractivity contribution in [3.63, 3.8) is 0 Å². The maximum Gasteiger partial charge on any atom is 0.327 e. The summed E-state index contributed by atoms with van der Waals surface area (Å²) in [5.74, 6) is -1.54. The number of hydrogen-bond donors (Lipinski definition) is 3. The summed E-state index contributed by atoms with van der Waals surface area (Å²) < 4.78 is 26.0. The van der Waals surface area contributed by atoms with Crippen molar-refractivity contribution in [2.75, 3.05) is 13.2 Å². The minimum atomic E-state index is -1.32. The molecule has 12 nitrogen and oxygen atoms in total. The summed E-state index contributed by atoms with van der Waals surface area (Å²) in [6, 6.07) is 14.1. The molecule has 308 valence electrons. The van der Waals surface area contributed by atoms with E-state index in [0.717, 1.165) is 74.5 Å². The molecule has 2 saturated carbocycles. The number of esters is 1. The average molecular weight is 786 g/mol. The van der Waals surface area contributed by atoms with Crippen molar-refractivity contribution in [3.8, 4) is 0 Å². The molecule has 6 aliphatic rings. The molecule has 4 aliphatic heterocycles. The summed E-state index contributed by atoms with van der Waals surface area (Å²) in [7, 11) is 0. The average Bonchev–Trinajstić information content (AvgIpc) is 3.77. The monoisotopic (exact) mass is 785 g/mol. The second-order valence-electron chi connectivity index (χ2n) is 16.9. The van der Waals surface area contributed by atoms with Crippen LogP contribution in [0.1, 0.15) is 118 Å². The number of epoxide rings is 1. The molecule has 4 heterocycles. The number of nitrogens with zero attached hydrogens (tertiary/aromatic N) is 1. The molecule has 0 aromatic heterocycles. The third-order valence-corrected chi connectivity index (χ3v) is 13.0. The number of benzene rings is 2. The summed E-state index contributed by atoms with van der Waals surface area (Å²) in [5.41, 5.74) is 1.82. The van der Waals surface area contributed by atoms with Crippen LogP contribution in [0.25, 0.3) is 6.08 Å². The van der Waals surface area contributed by atoms with Gasteiger partial charge < -0.3 is 34.7 Å². The van der Waals surface area contributed by atoms with Gasteiger partial charge in [-0.3, -0.25) is 19.2 Å². The molecule has 4 saturated heterocycles. The number of unbranched alkanes of at least 4 members (excludes halogenated alkanes) is 4. The lowest BCUT2D eigenvalue weighted by molar-refractivity contribution is -0.224. The molecule has 9 atom stereocenters. The molecule has 57 heavy (non-hydrogen) atoms. The van der Waals surface area contributed by atoms with Crippen LogP contribution in [0.5, 0.6) is 0 Å². The van der Waals surface area contributed by atoms with Crippen LogP contribution >= 0.6 is 0 Å². The Labute approximate surface area is 335 Å². The van der Waals surface area contributed by atoms with Gasteiger partial charge in [0.25, 0.3) is 5.91 Å². The molecule has 2 aromatic carbocycles. The van der Waals surface area contributed by atoms with Gasteiger partial charge in [-0.05, 0) is 66.8 Å². The van der Waals surface area contributed by atoms with Crippen LogP contribution in [0.4, 0.5) is 0 Å². The fraction of sp³-hybridized carbons (Fsp3) is 0.622. The van der Waals surface area contributed by atoms with Crippen LogP contribution in [0, 0.1) is 11.3 Å². The Hall–Kier alpha value is -3.65. The van der Waals surface area contributed by atoms with Crippen molar-refractivity contribution >= 4 is 23.9 Å². The van der Waals surface area contributed by atoms with Crippen molar-refractivity contribution in [1.29, 1.82) is 0 Å². The van der Waals surface area contributed by atoms with Crippen molar-refractivity contribution in [2.24, 2.45) is 11.3 Å². The van der Waals surface area contributed by atoms with Crippen molar-refractivity contribution < 1.29 is 43.3 Å². The predicted octanol–water partition coefficient (Wildman–Crippen LogP) is 5.75. The zero-order chi connectivity index (χ0) is 39.6. The quantitative estimate of drug-likeness (QED) is 0.0971. The van der Waals surface area contributed by atoms with Crippen LogP contribution in [0.2, 0.25) is 0 Å². The highest BCUT2D eigenvalue weighted by Gasteiger charge is 2.76. The van der Waals surface area contributed by atoms with Crippen LogP contribution in [-0.4, -0.2) is 89.6 Å². The first-order valence-corrected chi connectivity index (χ1v) is 21.4. The molecule has 3 N–H and O–H groups in total. The molecular formula is C45H59N3O9. The van der Waals surface area contributed by atoms with E-state index in [-0.39, 0.29) is 44.5 Å². The summed E-state index contributed by atoms with van der Waals surface area (Å²) in [6.45, 7) is 4.72. The predicted molar refractivity (Wildman–Crippen MR) is 211 cm³/mol. The Balaban J connectivity index is 1.09. The standard InChI is InChI=1S/C45H59N3O9/c1-3-5-9-20-44(21-10-6-4-2)55-37-36-26-45(43(52)47-27-30-12-11-15-32(24-30)41(50)46-22-23-49)39(42(51)54-36)48(57-40(45)38(37)56-44)28-33-14-8-7-13-31(33)18-16-29-17-19-34-35(25-29)53-34/h7-8,11-16,18,24,29,34-40,49H,3-6,9-10,17,19-23,25-28H2,1-2H3,(H,46,50)(H,47,52)/t29?,34?,35?,36-,37+,38+,39-,40-,45-/m1/s1. The van der Waals surface area contributed by atoms with E-state index in [1.807, 2.05) is 24.3 Å². The normalized spacial score (nSPS) is 32.1. The summed E-state index contributed by atoms with van der Waals surface area (Å²) in [5, 5.41) is 16.7. The number of rotatable bonds is 18. The van der Waals surface area contributed by atoms with Gasteiger partial charge in [-0.2, -0.15) is 5.06 Å². The van der Waals surface area contributed by atoms with Crippen molar-refractivity contribution in [3.05, 3.63) is 76.9 Å². The van der Waals surface area contributed by atoms with Gasteiger partial charge in [-0.25, -0.2) is 0 Å². The maximum absolute atomic E-state index is 15.0. The molecule has 12 heteroatoms. The number of carbonyl (C=O) groups is 3. The Bertz CT molecular complexity index is 1790. The number of hydrogen-bond acceptors (Lipinski definition) is 10. The highest BCUT2D eigenvalue weighted by molar-refractivity contribution is 5.95. The summed E-state index contributed by atoms with van der Waals surface area (Å²) in [6.07, 6.45) is 13.6. The number of fused-ring (bicyclic) bond motifs is 5. The lowest BCUT2D eigenvalue weighted by Gasteiger charge is -2.48. The molecule has 3 unspecified atom stereocenters. The first-order chi connectivity index (χ1) is 27.8. The highest BCUT2D eigenvalue weighted by Crippen LogP contribution is 2.58. The summed E-state index contributed by atoms with van der Waals surface area (Å²) in [4.78, 5) is 48.9. The first-order valence-electron chi connectivity index (χ1n) is 21.4. The Kier molecular flexibility index (Phi) is 12.2. The van der Waals surface area contributed by atoms with Gasteiger partial charge in [0.1, 0.15) is 29.8 Å². The molecule has 2 amide bonds. The van der Waals surface area contributed by atoms with Crippen molar-refractivity contribution in [2.45, 2.75) is 152 Å². The van der Waals surface area contributed by atoms with E-state index in [0.29, 0.717) is 36.5 Å². The zero-order valence-electron chi connectivity index (χ0n) is 33.4. The largest absolute Gasteiger partial charge is 0.458 e. The molecule has 8 rings (SSSR count). The van der Waals surface area contributed by atoms with E-state index in [1.54, 1.807) is 23.3 Å². The van der Waals surface area contributed by atoms with Gasteiger partial charge >= 0.3 is 5.97 Å². The molecule has 6 fully saturated rings. The van der Waals surface area contributed by atoms with Gasteiger partial charge in [-0.15, -0.1) is 0 Å². The van der Waals surface area contributed by atoms with E-state index in [1.165, 1.54) is 0 Å². The Morgan fingerprint density at radius 2 is 1.72 bits per heavy atom. The first kappa shape index (κ1) is 40.1. The van der Waals surface area contributed by atoms with E-state index >= 15 is 0 Å². The molecule has 2 aromatic rings. The Morgan fingerprint density at radius 3 is 2.49 bits per heavy atom. The van der Waals surface area contributed by atoms with Crippen LogP contribution in [-0.2, 0) is 46.5 Å². The van der Waals surface area contributed by atoms with Gasteiger partial charge in [0.15, 0.2) is 11.8 Å². The maximum atomic E-state index is 15.0. The lowest BCUT2D eigenvalue weighted by atomic mass is 9.62. The van der Waals surface area contributed by atoms with Crippen molar-refractivity contribution in [1.82, 2.24) is 15.7 Å². The number of aliphatic hydroxyl groups excluding tert-OH is 1. The number of nitrogens with one attached hydrogen (secondary N) is 2. The minimum Gasteiger partial charge on any atom is -0.458 e. The van der Waals surface area contributed by atoms with Crippen LogP contribution in [0.15, 0.2) is 54.6 Å². The lowest BCUT2D eigenvalue weighted by Crippen LogP contribution is -2.69. The molecular weight excluding hydrogens is 727 g/mol. The topological polar surface area (TPSA) is 148 Å². The van der Waals surface area contributed by atoms with E-state index in [4.69, 9.17) is 23.8 Å². The van der Waals surface area contributed by atoms with Gasteiger partial charge in [-0.1, -0.05) is 88.1 Å². The number of carbonyl (C=O) groups excluding carboxylic acids is 3. The molecule has 0 spiro atoms. The molecule has 2 aliphatic carbocycles. The zero-order valence-corrected chi connectivity index (χ0v) is 33.4. The van der Waals surface area contributed by atoms with Crippen LogP contribution < -0.4 is 10.6 Å². The van der Waals surface area contributed by atoms with E-state index < -0.39 is 47.6 Å². The SMILES string of the molecule is CCCCCC1(CCCCC)O[C@@H]2[C@H](O1)[C@H]1ON(Cc3ccccc3C=CC3CCC4OC4C3)[C@@H]3C(=O)O[C@@H]2C[C@]13C(=O)NCc1cccc(C(=O)NCCO)c1. The minimum absolute atomic E-state index is 0.131. The molecule has 0 radical (unpaired) electrons. The second kappa shape index (κ2) is 17.3. The van der Waals surface area contributed by atoms with E-state index in [2.05, 4.69) is 42.7 Å². The number of allylic oxidation sites excluding steroid dienone is 1. The number of aliphatic hydroxyl groups is 1. The number of hydroxylamine groups is 2. The smallest absolute Gasteiger partial charge is 0.327 e.